The summed E-state index contributed by atoms with van der Waals surface area (Å²) >= 11 is 12.3. The topological polar surface area (TPSA) is 96.3 Å². The number of phenolic OH excluding ortho intramolecular Hbond substituents is 1. The highest BCUT2D eigenvalue weighted by molar-refractivity contribution is 6.47. The number of halogens is 2. The number of aliphatic hydroxyl groups excluding tert-OH is 1. The third kappa shape index (κ3) is 3.96. The first-order valence-corrected chi connectivity index (χ1v) is 9.65. The molecule has 1 heterocycles. The molecule has 1 fully saturated rings. The van der Waals surface area contributed by atoms with Crippen LogP contribution < -0.4 is 4.74 Å². The molecule has 158 valence electrons. The molecule has 2 N–H and O–H groups in total. The Hall–Kier alpha value is -2.74. The molecule has 1 aliphatic rings. The average Bonchev–Trinajstić information content (AvgIpc) is 2.98. The number of carbonyl (C=O) groups is 2. The minimum absolute atomic E-state index is 0.0456. The number of aliphatic hydroxyl groups is 1. The van der Waals surface area contributed by atoms with Gasteiger partial charge in [0.15, 0.2) is 0 Å². The van der Waals surface area contributed by atoms with Crippen LogP contribution in [0.4, 0.5) is 0 Å². The first-order chi connectivity index (χ1) is 14.3. The molecule has 0 spiro atoms. The molecular formula is C21H19Cl2NO6. The fourth-order valence-electron chi connectivity index (χ4n) is 3.30. The summed E-state index contributed by atoms with van der Waals surface area (Å²) < 4.78 is 10.2. The van der Waals surface area contributed by atoms with Crippen molar-refractivity contribution in [3.63, 3.8) is 0 Å². The Morgan fingerprint density at radius 2 is 1.83 bits per heavy atom. The Balaban J connectivity index is 2.23. The molecule has 0 saturated carbocycles. The third-order valence-electron chi connectivity index (χ3n) is 4.79. The van der Waals surface area contributed by atoms with Crippen molar-refractivity contribution in [3.8, 4) is 11.5 Å². The number of hydrogen-bond donors (Lipinski definition) is 2. The second kappa shape index (κ2) is 8.95. The summed E-state index contributed by atoms with van der Waals surface area (Å²) in [6.45, 7) is 0.280. The summed E-state index contributed by atoms with van der Waals surface area (Å²) in [7, 11) is 2.92. The molecule has 9 heteroatoms. The van der Waals surface area contributed by atoms with Gasteiger partial charge in [-0.1, -0.05) is 29.3 Å². The minimum Gasteiger partial charge on any atom is -0.507 e. The van der Waals surface area contributed by atoms with Crippen LogP contribution in [0.5, 0.6) is 11.5 Å². The van der Waals surface area contributed by atoms with Crippen LogP contribution >= 0.6 is 23.2 Å². The molecule has 1 saturated heterocycles. The number of Topliss-reactive ketones (excluding diaryl/α,β-unsaturated/α-hetero) is 1. The number of methoxy groups -OCH3 is 2. The first kappa shape index (κ1) is 22.0. The highest BCUT2D eigenvalue weighted by atomic mass is 35.5. The molecule has 30 heavy (non-hydrogen) atoms. The van der Waals surface area contributed by atoms with E-state index in [4.69, 9.17) is 32.7 Å². The largest absolute Gasteiger partial charge is 0.507 e. The molecule has 0 bridgehead atoms. The van der Waals surface area contributed by atoms with Gasteiger partial charge in [-0.15, -0.1) is 0 Å². The van der Waals surface area contributed by atoms with E-state index in [9.17, 15) is 19.8 Å². The molecule has 0 aliphatic carbocycles. The van der Waals surface area contributed by atoms with E-state index in [1.165, 1.54) is 49.5 Å². The third-order valence-corrected chi connectivity index (χ3v) is 5.42. The SMILES string of the molecule is COCCN1C(=O)C(=O)/C(=C(/O)c2cc(OC)ccc2Cl)C1c1ccc(O)c(Cl)c1. The Labute approximate surface area is 183 Å². The van der Waals surface area contributed by atoms with Crippen molar-refractivity contribution in [1.82, 2.24) is 4.90 Å². The van der Waals surface area contributed by atoms with Gasteiger partial charge >= 0.3 is 0 Å². The maximum Gasteiger partial charge on any atom is 0.295 e. The Morgan fingerprint density at radius 3 is 2.47 bits per heavy atom. The van der Waals surface area contributed by atoms with E-state index in [1.54, 1.807) is 6.07 Å². The Kier molecular flexibility index (Phi) is 6.55. The summed E-state index contributed by atoms with van der Waals surface area (Å²) in [4.78, 5) is 26.9. The predicted molar refractivity (Wildman–Crippen MR) is 112 cm³/mol. The summed E-state index contributed by atoms with van der Waals surface area (Å²) in [5.41, 5.74) is 0.442. The maximum absolute atomic E-state index is 12.9. The van der Waals surface area contributed by atoms with E-state index < -0.39 is 23.5 Å². The van der Waals surface area contributed by atoms with Crippen molar-refractivity contribution in [2.45, 2.75) is 6.04 Å². The summed E-state index contributed by atoms with van der Waals surface area (Å²) in [6.07, 6.45) is 0. The van der Waals surface area contributed by atoms with Gasteiger partial charge in [-0.2, -0.15) is 0 Å². The average molecular weight is 452 g/mol. The Bertz CT molecular complexity index is 1040. The highest BCUT2D eigenvalue weighted by Crippen LogP contribution is 2.42. The van der Waals surface area contributed by atoms with Gasteiger partial charge in [-0.25, -0.2) is 0 Å². The lowest BCUT2D eigenvalue weighted by atomic mass is 9.95. The molecule has 0 aromatic heterocycles. The number of amides is 1. The van der Waals surface area contributed by atoms with Crippen LogP contribution in [0.25, 0.3) is 5.76 Å². The molecule has 3 rings (SSSR count). The molecule has 1 unspecified atom stereocenters. The number of rotatable bonds is 6. The van der Waals surface area contributed by atoms with Gasteiger partial charge < -0.3 is 24.6 Å². The number of benzene rings is 2. The van der Waals surface area contributed by atoms with E-state index in [0.29, 0.717) is 11.3 Å². The zero-order valence-corrected chi connectivity index (χ0v) is 17.7. The second-order valence-electron chi connectivity index (χ2n) is 6.54. The molecule has 1 atom stereocenters. The summed E-state index contributed by atoms with van der Waals surface area (Å²) in [5, 5.41) is 21.0. The van der Waals surface area contributed by atoms with E-state index in [0.717, 1.165) is 0 Å². The minimum atomic E-state index is -0.944. The summed E-state index contributed by atoms with van der Waals surface area (Å²) in [5.74, 6) is -1.83. The number of ketones is 1. The second-order valence-corrected chi connectivity index (χ2v) is 7.36. The molecule has 1 aliphatic heterocycles. The lowest BCUT2D eigenvalue weighted by molar-refractivity contribution is -0.140. The van der Waals surface area contributed by atoms with Gasteiger partial charge in [-0.05, 0) is 35.9 Å². The number of carbonyl (C=O) groups excluding carboxylic acids is 2. The molecule has 7 nitrogen and oxygen atoms in total. The lowest BCUT2D eigenvalue weighted by Crippen LogP contribution is -2.32. The van der Waals surface area contributed by atoms with Gasteiger partial charge in [0, 0.05) is 19.2 Å². The van der Waals surface area contributed by atoms with Crippen LogP contribution in [-0.4, -0.2) is 54.2 Å². The molecule has 0 radical (unpaired) electrons. The molecular weight excluding hydrogens is 433 g/mol. The number of ether oxygens (including phenoxy) is 2. The van der Waals surface area contributed by atoms with Crippen molar-refractivity contribution in [2.75, 3.05) is 27.4 Å². The monoisotopic (exact) mass is 451 g/mol. The van der Waals surface area contributed by atoms with Crippen LogP contribution in [0.2, 0.25) is 10.0 Å². The number of nitrogens with zero attached hydrogens (tertiary/aromatic N) is 1. The zero-order valence-electron chi connectivity index (χ0n) is 16.2. The van der Waals surface area contributed by atoms with Crippen LogP contribution in [0.15, 0.2) is 42.0 Å². The van der Waals surface area contributed by atoms with Crippen LogP contribution in [0.3, 0.4) is 0 Å². The lowest BCUT2D eigenvalue weighted by Gasteiger charge is -2.25. The van der Waals surface area contributed by atoms with Crippen LogP contribution in [0.1, 0.15) is 17.2 Å². The van der Waals surface area contributed by atoms with E-state index >= 15 is 0 Å². The fraction of sp³-hybridized carbons (Fsp3) is 0.238. The molecule has 2 aromatic carbocycles. The van der Waals surface area contributed by atoms with Crippen molar-refractivity contribution in [3.05, 3.63) is 63.1 Å². The molecule has 1 amide bonds. The number of phenols is 1. The summed E-state index contributed by atoms with van der Waals surface area (Å²) in [6, 6.07) is 7.97. The standard InChI is InChI=1S/C21H19Cl2NO6/c1-29-8-7-24-18(11-3-6-16(25)15(23)9-11)17(20(27)21(24)28)19(26)13-10-12(30-2)4-5-14(13)22/h3-6,9-10,18,25-26H,7-8H2,1-2H3/b19-17+. The number of likely N-dealkylation sites (tertiary alicyclic amines) is 1. The number of aromatic hydroxyl groups is 1. The number of hydrogen-bond acceptors (Lipinski definition) is 6. The van der Waals surface area contributed by atoms with Crippen LogP contribution in [-0.2, 0) is 14.3 Å². The normalized spacial score (nSPS) is 18.1. The smallest absolute Gasteiger partial charge is 0.295 e. The Morgan fingerprint density at radius 1 is 1.10 bits per heavy atom. The quantitative estimate of drug-likeness (QED) is 0.394. The predicted octanol–water partition coefficient (Wildman–Crippen LogP) is 3.78. The zero-order chi connectivity index (χ0) is 22.0. The van der Waals surface area contributed by atoms with Gasteiger partial charge in [-0.3, -0.25) is 9.59 Å². The molecule has 2 aromatic rings. The first-order valence-electron chi connectivity index (χ1n) is 8.89. The maximum atomic E-state index is 12.9. The van der Waals surface area contributed by atoms with E-state index in [2.05, 4.69) is 0 Å². The van der Waals surface area contributed by atoms with Crippen molar-refractivity contribution < 1.29 is 29.3 Å². The highest BCUT2D eigenvalue weighted by Gasteiger charge is 2.46. The van der Waals surface area contributed by atoms with E-state index in [1.807, 2.05) is 0 Å². The van der Waals surface area contributed by atoms with E-state index in [-0.39, 0.29) is 40.1 Å². The van der Waals surface area contributed by atoms with Crippen LogP contribution in [0, 0.1) is 0 Å². The van der Waals surface area contributed by atoms with Crippen molar-refractivity contribution >= 4 is 40.7 Å². The van der Waals surface area contributed by atoms with Crippen molar-refractivity contribution in [2.24, 2.45) is 0 Å². The van der Waals surface area contributed by atoms with Gasteiger partial charge in [0.05, 0.1) is 35.4 Å². The van der Waals surface area contributed by atoms with Crippen molar-refractivity contribution in [1.29, 1.82) is 0 Å². The fourth-order valence-corrected chi connectivity index (χ4v) is 3.69. The van der Waals surface area contributed by atoms with Gasteiger partial charge in [0.25, 0.3) is 11.7 Å². The van der Waals surface area contributed by atoms with Gasteiger partial charge in [0.1, 0.15) is 17.3 Å². The van der Waals surface area contributed by atoms with Gasteiger partial charge in [0.2, 0.25) is 0 Å².